The number of hydrogen-bond acceptors (Lipinski definition) is 4. The van der Waals surface area contributed by atoms with Crippen LogP contribution < -0.4 is 0 Å². The number of carboxylic acids is 1. The Balaban J connectivity index is 1.55. The third kappa shape index (κ3) is 6.03. The first-order valence-corrected chi connectivity index (χ1v) is 10.9. The van der Waals surface area contributed by atoms with Crippen molar-refractivity contribution in [3.63, 3.8) is 0 Å². The molecule has 3 rings (SSSR count). The van der Waals surface area contributed by atoms with Crippen LogP contribution in [0.15, 0.2) is 30.3 Å². The zero-order chi connectivity index (χ0) is 20.6. The first kappa shape index (κ1) is 21.8. The molecule has 1 aromatic carbocycles. The molecule has 3 atom stereocenters. The molecular formula is C23H33NO5. The lowest BCUT2D eigenvalue weighted by Gasteiger charge is -2.35. The minimum atomic E-state index is -0.873. The van der Waals surface area contributed by atoms with Crippen molar-refractivity contribution in [1.29, 1.82) is 0 Å². The number of carboxylic acid groups (broad SMARTS) is 1. The fourth-order valence-electron chi connectivity index (χ4n) is 4.64. The van der Waals surface area contributed by atoms with E-state index in [4.69, 9.17) is 9.57 Å². The molecule has 1 amide bonds. The Hall–Kier alpha value is -1.92. The first-order chi connectivity index (χ1) is 14.1. The Kier molecular flexibility index (Phi) is 8.07. The number of hydroxylamine groups is 2. The molecule has 1 saturated heterocycles. The molecule has 1 saturated carbocycles. The fourth-order valence-corrected chi connectivity index (χ4v) is 4.64. The molecule has 6 nitrogen and oxygen atoms in total. The second-order valence-corrected chi connectivity index (χ2v) is 8.42. The van der Waals surface area contributed by atoms with Gasteiger partial charge >= 0.3 is 5.97 Å². The molecule has 0 radical (unpaired) electrons. The predicted molar refractivity (Wildman–Crippen MR) is 109 cm³/mol. The lowest BCUT2D eigenvalue weighted by Crippen LogP contribution is -2.44. The van der Waals surface area contributed by atoms with E-state index < -0.39 is 24.2 Å². The van der Waals surface area contributed by atoms with Crippen LogP contribution in [0.3, 0.4) is 0 Å². The second-order valence-electron chi connectivity index (χ2n) is 8.42. The molecule has 1 aromatic rings. The summed E-state index contributed by atoms with van der Waals surface area (Å²) in [6.07, 6.45) is 7.58. The van der Waals surface area contributed by atoms with Crippen LogP contribution in [0.4, 0.5) is 0 Å². The van der Waals surface area contributed by atoms with Crippen molar-refractivity contribution in [2.24, 2.45) is 11.8 Å². The summed E-state index contributed by atoms with van der Waals surface area (Å²) in [4.78, 5) is 29.3. The van der Waals surface area contributed by atoms with E-state index in [1.165, 1.54) is 5.56 Å². The molecule has 1 unspecified atom stereocenters. The van der Waals surface area contributed by atoms with Gasteiger partial charge in [0.15, 0.2) is 6.29 Å². The third-order valence-electron chi connectivity index (χ3n) is 6.49. The molecule has 1 aliphatic carbocycles. The van der Waals surface area contributed by atoms with E-state index in [-0.39, 0.29) is 0 Å². The van der Waals surface area contributed by atoms with Crippen LogP contribution in [0.25, 0.3) is 0 Å². The highest BCUT2D eigenvalue weighted by Gasteiger charge is 2.35. The first-order valence-electron chi connectivity index (χ1n) is 10.9. The molecule has 1 heterocycles. The zero-order valence-electron chi connectivity index (χ0n) is 17.2. The summed E-state index contributed by atoms with van der Waals surface area (Å²) in [6.45, 7) is 2.37. The number of carbonyl (C=O) groups is 2. The largest absolute Gasteiger partial charge is 0.481 e. The van der Waals surface area contributed by atoms with Crippen LogP contribution in [0.1, 0.15) is 69.8 Å². The second kappa shape index (κ2) is 10.7. The van der Waals surface area contributed by atoms with Crippen molar-refractivity contribution >= 4 is 12.4 Å². The topological polar surface area (TPSA) is 76.1 Å². The van der Waals surface area contributed by atoms with Crippen molar-refractivity contribution in [3.05, 3.63) is 35.9 Å². The average molecular weight is 404 g/mol. The van der Waals surface area contributed by atoms with Gasteiger partial charge in [0, 0.05) is 13.0 Å². The van der Waals surface area contributed by atoms with Gasteiger partial charge < -0.3 is 9.84 Å². The van der Waals surface area contributed by atoms with Gasteiger partial charge in [-0.1, -0.05) is 30.3 Å². The molecule has 2 aliphatic rings. The standard InChI is InChI=1S/C23H33NO5/c1-17(24(16-25)29-22-9-5-6-14-28-22)21(23(26)27)15-18-10-12-20(13-11-18)19-7-3-2-4-8-19/h2-4,7-8,16-18,20-22H,5-6,9-15H2,1H3,(H,26,27)/t17-,18?,20?,21+,22?/m0/s1. The quantitative estimate of drug-likeness (QED) is 0.490. The van der Waals surface area contributed by atoms with Gasteiger partial charge in [-0.3, -0.25) is 9.59 Å². The van der Waals surface area contributed by atoms with Gasteiger partial charge in [-0.25, -0.2) is 9.90 Å². The highest BCUT2D eigenvalue weighted by Crippen LogP contribution is 2.39. The molecule has 1 aliphatic heterocycles. The number of amides is 1. The lowest BCUT2D eigenvalue weighted by atomic mass is 9.75. The van der Waals surface area contributed by atoms with Gasteiger partial charge in [0.25, 0.3) is 0 Å². The molecule has 29 heavy (non-hydrogen) atoms. The molecular weight excluding hydrogens is 370 g/mol. The van der Waals surface area contributed by atoms with E-state index in [0.29, 0.717) is 31.3 Å². The zero-order valence-corrected chi connectivity index (χ0v) is 17.2. The Morgan fingerprint density at radius 1 is 1.21 bits per heavy atom. The van der Waals surface area contributed by atoms with Gasteiger partial charge in [0.1, 0.15) is 0 Å². The summed E-state index contributed by atoms with van der Waals surface area (Å²) < 4.78 is 5.53. The fraction of sp³-hybridized carbons (Fsp3) is 0.652. The van der Waals surface area contributed by atoms with Gasteiger partial charge in [0.2, 0.25) is 6.41 Å². The van der Waals surface area contributed by atoms with E-state index >= 15 is 0 Å². The number of nitrogens with zero attached hydrogens (tertiary/aromatic N) is 1. The number of ether oxygens (including phenoxy) is 1. The maximum absolute atomic E-state index is 12.0. The lowest BCUT2D eigenvalue weighted by molar-refractivity contribution is -0.288. The van der Waals surface area contributed by atoms with Crippen molar-refractivity contribution < 1.29 is 24.3 Å². The van der Waals surface area contributed by atoms with E-state index in [1.807, 2.05) is 6.07 Å². The normalized spacial score (nSPS) is 27.0. The average Bonchev–Trinajstić information content (AvgIpc) is 2.77. The third-order valence-corrected chi connectivity index (χ3v) is 6.49. The summed E-state index contributed by atoms with van der Waals surface area (Å²) >= 11 is 0. The smallest absolute Gasteiger partial charge is 0.308 e. The number of carbonyl (C=O) groups excluding carboxylic acids is 1. The highest BCUT2D eigenvalue weighted by molar-refractivity contribution is 5.71. The number of benzene rings is 1. The molecule has 0 aromatic heterocycles. The summed E-state index contributed by atoms with van der Waals surface area (Å²) in [6, 6.07) is 10.0. The molecule has 1 N–H and O–H groups in total. The van der Waals surface area contributed by atoms with Crippen molar-refractivity contribution in [2.75, 3.05) is 6.61 Å². The summed E-state index contributed by atoms with van der Waals surface area (Å²) in [5.41, 5.74) is 1.38. The SMILES string of the molecule is C[C@@H]([C@@H](CC1CCC(c2ccccc2)CC1)C(=O)O)N(C=O)OC1CCCCO1. The van der Waals surface area contributed by atoms with Crippen LogP contribution in [0.2, 0.25) is 0 Å². The van der Waals surface area contributed by atoms with Gasteiger partial charge in [-0.05, 0) is 69.3 Å². The monoisotopic (exact) mass is 403 g/mol. The molecule has 6 heteroatoms. The van der Waals surface area contributed by atoms with E-state index in [2.05, 4.69) is 24.3 Å². The molecule has 0 bridgehead atoms. The van der Waals surface area contributed by atoms with Crippen molar-refractivity contribution in [3.8, 4) is 0 Å². The summed E-state index contributed by atoms with van der Waals surface area (Å²) in [5.74, 6) is -0.603. The minimum Gasteiger partial charge on any atom is -0.481 e. The van der Waals surface area contributed by atoms with Crippen molar-refractivity contribution in [2.45, 2.75) is 76.5 Å². The maximum Gasteiger partial charge on any atom is 0.308 e. The van der Waals surface area contributed by atoms with E-state index in [1.54, 1.807) is 6.92 Å². The summed E-state index contributed by atoms with van der Waals surface area (Å²) in [5, 5.41) is 11.0. The minimum absolute atomic E-state index is 0.359. The molecule has 2 fully saturated rings. The van der Waals surface area contributed by atoms with Crippen LogP contribution in [0, 0.1) is 11.8 Å². The Labute approximate surface area is 173 Å². The van der Waals surface area contributed by atoms with E-state index in [0.717, 1.165) is 50.0 Å². The van der Waals surface area contributed by atoms with Crippen LogP contribution in [-0.4, -0.2) is 41.5 Å². The Morgan fingerprint density at radius 2 is 1.93 bits per heavy atom. The van der Waals surface area contributed by atoms with Crippen LogP contribution in [-0.2, 0) is 19.2 Å². The van der Waals surface area contributed by atoms with Gasteiger partial charge in [0.05, 0.1) is 12.0 Å². The summed E-state index contributed by atoms with van der Waals surface area (Å²) in [7, 11) is 0. The molecule has 160 valence electrons. The van der Waals surface area contributed by atoms with Crippen LogP contribution >= 0.6 is 0 Å². The Bertz CT molecular complexity index is 638. The molecule has 0 spiro atoms. The number of hydrogen-bond donors (Lipinski definition) is 1. The highest BCUT2D eigenvalue weighted by atomic mass is 16.8. The van der Waals surface area contributed by atoms with Gasteiger partial charge in [-0.2, -0.15) is 0 Å². The maximum atomic E-state index is 12.0. The number of aliphatic carboxylic acids is 1. The van der Waals surface area contributed by atoms with Crippen LogP contribution in [0.5, 0.6) is 0 Å². The number of rotatable bonds is 9. The Morgan fingerprint density at radius 3 is 2.52 bits per heavy atom. The predicted octanol–water partition coefficient (Wildman–Crippen LogP) is 4.36. The van der Waals surface area contributed by atoms with E-state index in [9.17, 15) is 14.7 Å². The van der Waals surface area contributed by atoms with Crippen molar-refractivity contribution in [1.82, 2.24) is 5.06 Å². The van der Waals surface area contributed by atoms with Gasteiger partial charge in [-0.15, -0.1) is 0 Å².